The van der Waals surface area contributed by atoms with Crippen LogP contribution < -0.4 is 10.9 Å². The number of halogens is 4. The van der Waals surface area contributed by atoms with Crippen LogP contribution in [-0.4, -0.2) is 24.2 Å². The molecule has 10 heteroatoms. The molecule has 2 aromatic carbocycles. The molecule has 0 aliphatic carbocycles. The van der Waals surface area contributed by atoms with Gasteiger partial charge in [0, 0.05) is 12.8 Å². The maximum atomic E-state index is 11.7. The number of carbonyl (C=O) groups excluding carboxylic acids is 2. The highest BCUT2D eigenvalue weighted by Crippen LogP contribution is 2.22. The third-order valence-electron chi connectivity index (χ3n) is 3.27. The van der Waals surface area contributed by atoms with E-state index in [2.05, 4.69) is 21.1 Å². The van der Waals surface area contributed by atoms with Crippen molar-refractivity contribution in [3.05, 3.63) is 67.6 Å². The summed E-state index contributed by atoms with van der Waals surface area (Å²) < 4.78 is 0. The lowest BCUT2D eigenvalue weighted by Crippen LogP contribution is -2.22. The minimum Gasteiger partial charge on any atom is -0.273 e. The number of rotatable bonds is 7. The molecule has 0 spiro atoms. The van der Waals surface area contributed by atoms with Gasteiger partial charge in [-0.3, -0.25) is 9.59 Å². The fourth-order valence-electron chi connectivity index (χ4n) is 1.88. The van der Waals surface area contributed by atoms with Crippen molar-refractivity contribution in [3.8, 4) is 0 Å². The number of nitrogens with zero attached hydrogens (tertiary/aromatic N) is 2. The summed E-state index contributed by atoms with van der Waals surface area (Å²) >= 11 is 23.4. The van der Waals surface area contributed by atoms with E-state index in [1.807, 2.05) is 0 Å². The molecule has 28 heavy (non-hydrogen) atoms. The number of hydrogen-bond donors (Lipinski definition) is 2. The van der Waals surface area contributed by atoms with Crippen LogP contribution in [0, 0.1) is 0 Å². The Kier molecular flexibility index (Phi) is 8.73. The lowest BCUT2D eigenvalue weighted by atomic mass is 10.2. The van der Waals surface area contributed by atoms with Crippen LogP contribution in [0.15, 0.2) is 46.6 Å². The van der Waals surface area contributed by atoms with Crippen molar-refractivity contribution in [3.63, 3.8) is 0 Å². The van der Waals surface area contributed by atoms with Crippen LogP contribution in [0.2, 0.25) is 20.1 Å². The standard InChI is InChI=1S/C18H14Cl4N4O2/c19-13-3-1-11(7-15(13)21)9-23-25-17(27)5-6-18(28)26-24-10-12-2-4-14(20)16(22)8-12/h1-4,7-10H,5-6H2,(H,25,27)(H,26,28)/b23-9+,24-10+. The highest BCUT2D eigenvalue weighted by Gasteiger charge is 2.05. The maximum Gasteiger partial charge on any atom is 0.240 e. The van der Waals surface area contributed by atoms with E-state index in [4.69, 9.17) is 46.4 Å². The summed E-state index contributed by atoms with van der Waals surface area (Å²) in [4.78, 5) is 23.4. The van der Waals surface area contributed by atoms with Gasteiger partial charge in [0.15, 0.2) is 0 Å². The lowest BCUT2D eigenvalue weighted by molar-refractivity contribution is -0.126. The van der Waals surface area contributed by atoms with E-state index in [0.717, 1.165) is 0 Å². The first-order valence-electron chi connectivity index (χ1n) is 7.89. The van der Waals surface area contributed by atoms with Gasteiger partial charge in [-0.1, -0.05) is 58.5 Å². The predicted molar refractivity (Wildman–Crippen MR) is 114 cm³/mol. The molecule has 0 radical (unpaired) electrons. The summed E-state index contributed by atoms with van der Waals surface area (Å²) in [7, 11) is 0. The van der Waals surface area contributed by atoms with Gasteiger partial charge in [-0.25, -0.2) is 10.9 Å². The average Bonchev–Trinajstić information content (AvgIpc) is 2.66. The summed E-state index contributed by atoms with van der Waals surface area (Å²) in [5.41, 5.74) is 5.99. The van der Waals surface area contributed by atoms with E-state index in [1.165, 1.54) is 12.4 Å². The minimum absolute atomic E-state index is 0.0488. The summed E-state index contributed by atoms with van der Waals surface area (Å²) in [6, 6.07) is 9.86. The van der Waals surface area contributed by atoms with Gasteiger partial charge < -0.3 is 0 Å². The molecule has 0 heterocycles. The molecule has 2 N–H and O–H groups in total. The number of benzene rings is 2. The Labute approximate surface area is 181 Å². The Bertz CT molecular complexity index is 856. The van der Waals surface area contributed by atoms with E-state index in [1.54, 1.807) is 36.4 Å². The molecule has 146 valence electrons. The van der Waals surface area contributed by atoms with E-state index in [9.17, 15) is 9.59 Å². The molecule has 0 fully saturated rings. The fourth-order valence-corrected chi connectivity index (χ4v) is 2.49. The van der Waals surface area contributed by atoms with Gasteiger partial charge >= 0.3 is 0 Å². The largest absolute Gasteiger partial charge is 0.273 e. The number of hydrazone groups is 2. The van der Waals surface area contributed by atoms with Gasteiger partial charge in [0.25, 0.3) is 0 Å². The average molecular weight is 460 g/mol. The zero-order valence-electron chi connectivity index (χ0n) is 14.3. The van der Waals surface area contributed by atoms with Gasteiger partial charge in [-0.2, -0.15) is 10.2 Å². The highest BCUT2D eigenvalue weighted by molar-refractivity contribution is 6.42. The molecule has 2 aromatic rings. The summed E-state index contributed by atoms with van der Waals surface area (Å²) in [5.74, 6) is -0.833. The summed E-state index contributed by atoms with van der Waals surface area (Å²) in [5, 5.41) is 9.21. The first-order valence-corrected chi connectivity index (χ1v) is 9.40. The van der Waals surface area contributed by atoms with E-state index in [-0.39, 0.29) is 12.8 Å². The maximum absolute atomic E-state index is 11.7. The normalized spacial score (nSPS) is 11.1. The minimum atomic E-state index is -0.417. The molecule has 0 bridgehead atoms. The zero-order chi connectivity index (χ0) is 20.5. The molecule has 0 aliphatic heterocycles. The SMILES string of the molecule is O=C(CCC(=O)N/N=C/c1ccc(Cl)c(Cl)c1)N/N=C/c1ccc(Cl)c(Cl)c1. The molecule has 0 aromatic heterocycles. The highest BCUT2D eigenvalue weighted by atomic mass is 35.5. The van der Waals surface area contributed by atoms with E-state index >= 15 is 0 Å². The monoisotopic (exact) mass is 458 g/mol. The molecular formula is C18H14Cl4N4O2. The molecule has 0 atom stereocenters. The van der Waals surface area contributed by atoms with Crippen LogP contribution >= 0.6 is 46.4 Å². The Morgan fingerprint density at radius 1 is 0.714 bits per heavy atom. The van der Waals surface area contributed by atoms with Crippen molar-refractivity contribution in [1.29, 1.82) is 0 Å². The van der Waals surface area contributed by atoms with Crippen LogP contribution in [0.5, 0.6) is 0 Å². The zero-order valence-corrected chi connectivity index (χ0v) is 17.3. The van der Waals surface area contributed by atoms with Gasteiger partial charge in [-0.15, -0.1) is 0 Å². The number of nitrogens with one attached hydrogen (secondary N) is 2. The molecule has 2 amide bonds. The van der Waals surface area contributed by atoms with E-state index in [0.29, 0.717) is 31.2 Å². The molecule has 0 unspecified atom stereocenters. The van der Waals surface area contributed by atoms with Crippen molar-refractivity contribution in [1.82, 2.24) is 10.9 Å². The van der Waals surface area contributed by atoms with Crippen molar-refractivity contribution >= 4 is 70.6 Å². The quantitative estimate of drug-likeness (QED) is 0.465. The number of amides is 2. The smallest absolute Gasteiger partial charge is 0.240 e. The second-order valence-corrected chi connectivity index (χ2v) is 7.06. The van der Waals surface area contributed by atoms with Crippen molar-refractivity contribution in [2.24, 2.45) is 10.2 Å². The fraction of sp³-hybridized carbons (Fsp3) is 0.111. The molecular weight excluding hydrogens is 446 g/mol. The summed E-state index contributed by atoms with van der Waals surface area (Å²) in [6.45, 7) is 0. The van der Waals surface area contributed by atoms with Crippen LogP contribution in [0.25, 0.3) is 0 Å². The first-order chi connectivity index (χ1) is 13.3. The van der Waals surface area contributed by atoms with Crippen LogP contribution in [0.1, 0.15) is 24.0 Å². The van der Waals surface area contributed by atoms with E-state index < -0.39 is 11.8 Å². The molecule has 0 saturated carbocycles. The third kappa shape index (κ3) is 7.48. The van der Waals surface area contributed by atoms with Crippen LogP contribution in [0.3, 0.4) is 0 Å². The van der Waals surface area contributed by atoms with Crippen molar-refractivity contribution in [2.75, 3.05) is 0 Å². The predicted octanol–water partition coefficient (Wildman–Crippen LogP) is 4.68. The molecule has 6 nitrogen and oxygen atoms in total. The third-order valence-corrected chi connectivity index (χ3v) is 4.75. The van der Waals surface area contributed by atoms with Gasteiger partial charge in [0.2, 0.25) is 11.8 Å². The Morgan fingerprint density at radius 2 is 1.11 bits per heavy atom. The van der Waals surface area contributed by atoms with Gasteiger partial charge in [-0.05, 0) is 35.4 Å². The second-order valence-electron chi connectivity index (χ2n) is 5.43. The Morgan fingerprint density at radius 3 is 1.46 bits per heavy atom. The lowest BCUT2D eigenvalue weighted by Gasteiger charge is -2.01. The second kappa shape index (κ2) is 11.0. The molecule has 0 aliphatic rings. The topological polar surface area (TPSA) is 82.9 Å². The Hall–Kier alpha value is -2.12. The molecule has 2 rings (SSSR count). The summed E-state index contributed by atoms with van der Waals surface area (Å²) in [6.07, 6.45) is 2.74. The number of hydrogen-bond acceptors (Lipinski definition) is 4. The van der Waals surface area contributed by atoms with Crippen LogP contribution in [0.4, 0.5) is 0 Å². The number of carbonyl (C=O) groups is 2. The van der Waals surface area contributed by atoms with Crippen molar-refractivity contribution < 1.29 is 9.59 Å². The molecule has 0 saturated heterocycles. The Balaban J connectivity index is 1.72. The van der Waals surface area contributed by atoms with Gasteiger partial charge in [0.05, 0.1) is 32.5 Å². The first kappa shape index (κ1) is 22.2. The van der Waals surface area contributed by atoms with Crippen LogP contribution in [-0.2, 0) is 9.59 Å². The van der Waals surface area contributed by atoms with Crippen molar-refractivity contribution in [2.45, 2.75) is 12.8 Å². The van der Waals surface area contributed by atoms with Gasteiger partial charge in [0.1, 0.15) is 0 Å².